The minimum Gasteiger partial charge on any atom is -0.507 e. The van der Waals surface area contributed by atoms with Crippen LogP contribution in [0.1, 0.15) is 0 Å². The molecule has 0 radical (unpaired) electrons. The number of anilines is 1. The Kier molecular flexibility index (Phi) is 6.00. The molecule has 3 rings (SSSR count). The average Bonchev–Trinajstić information content (AvgIpc) is 2.98. The smallest absolute Gasteiger partial charge is 0.234 e. The first kappa shape index (κ1) is 18.9. The fourth-order valence-electron chi connectivity index (χ4n) is 2.22. The van der Waals surface area contributed by atoms with Gasteiger partial charge in [-0.05, 0) is 42.5 Å². The highest BCUT2D eigenvalue weighted by atomic mass is 79.9. The third-order valence-corrected chi connectivity index (χ3v) is 5.54. The minimum atomic E-state index is -0.132. The Morgan fingerprint density at radius 2 is 1.85 bits per heavy atom. The van der Waals surface area contributed by atoms with E-state index in [9.17, 15) is 9.90 Å². The second kappa shape index (κ2) is 8.24. The average molecular weight is 498 g/mol. The Hall–Kier alpha value is -1.84. The van der Waals surface area contributed by atoms with Crippen molar-refractivity contribution in [2.45, 2.75) is 5.16 Å². The monoisotopic (exact) mass is 496 g/mol. The van der Waals surface area contributed by atoms with E-state index in [4.69, 9.17) is 0 Å². The summed E-state index contributed by atoms with van der Waals surface area (Å²) in [6.07, 6.45) is 0. The van der Waals surface area contributed by atoms with Crippen LogP contribution in [-0.2, 0) is 11.8 Å². The molecule has 3 aromatic rings. The predicted octanol–water partition coefficient (Wildman–Crippen LogP) is 4.44. The van der Waals surface area contributed by atoms with E-state index in [1.807, 2.05) is 24.3 Å². The molecule has 0 spiro atoms. The first-order valence-corrected chi connectivity index (χ1v) is 10.1. The first-order chi connectivity index (χ1) is 12.4. The van der Waals surface area contributed by atoms with Gasteiger partial charge in [0, 0.05) is 21.7 Å². The Labute approximate surface area is 171 Å². The zero-order valence-corrected chi connectivity index (χ0v) is 17.6. The summed E-state index contributed by atoms with van der Waals surface area (Å²) in [7, 11) is 1.80. The van der Waals surface area contributed by atoms with Crippen molar-refractivity contribution < 1.29 is 9.90 Å². The van der Waals surface area contributed by atoms with E-state index in [2.05, 4.69) is 47.4 Å². The molecule has 1 heterocycles. The molecule has 2 N–H and O–H groups in total. The molecule has 134 valence electrons. The van der Waals surface area contributed by atoms with Crippen molar-refractivity contribution in [2.75, 3.05) is 11.1 Å². The number of halogens is 2. The van der Waals surface area contributed by atoms with Gasteiger partial charge in [0.2, 0.25) is 5.91 Å². The van der Waals surface area contributed by atoms with Crippen molar-refractivity contribution in [1.29, 1.82) is 0 Å². The number of phenolic OH excluding ortho intramolecular Hbond substituents is 1. The van der Waals surface area contributed by atoms with Gasteiger partial charge in [-0.15, -0.1) is 10.2 Å². The van der Waals surface area contributed by atoms with Crippen molar-refractivity contribution in [1.82, 2.24) is 14.8 Å². The third kappa shape index (κ3) is 4.46. The standard InChI is InChI=1S/C17H14Br2N4O2S/c1-23-16(13-8-11(19)4-7-14(13)24)21-22-17(23)26-9-15(25)20-12-5-2-10(18)3-6-12/h2-8,24H,9H2,1H3,(H,20,25). The number of carbonyl (C=O) groups excluding carboxylic acids is 1. The van der Waals surface area contributed by atoms with E-state index < -0.39 is 0 Å². The lowest BCUT2D eigenvalue weighted by molar-refractivity contribution is -0.113. The van der Waals surface area contributed by atoms with Gasteiger partial charge in [0.15, 0.2) is 11.0 Å². The molecule has 0 saturated heterocycles. The number of nitrogens with one attached hydrogen (secondary N) is 1. The van der Waals surface area contributed by atoms with Gasteiger partial charge in [-0.25, -0.2) is 0 Å². The summed E-state index contributed by atoms with van der Waals surface area (Å²) in [5.41, 5.74) is 1.30. The summed E-state index contributed by atoms with van der Waals surface area (Å²) >= 11 is 8.02. The van der Waals surface area contributed by atoms with Crippen molar-refractivity contribution in [2.24, 2.45) is 7.05 Å². The van der Waals surface area contributed by atoms with E-state index >= 15 is 0 Å². The highest BCUT2D eigenvalue weighted by molar-refractivity contribution is 9.10. The van der Waals surface area contributed by atoms with Gasteiger partial charge in [-0.2, -0.15) is 0 Å². The van der Waals surface area contributed by atoms with E-state index in [0.29, 0.717) is 16.5 Å². The van der Waals surface area contributed by atoms with Gasteiger partial charge in [-0.1, -0.05) is 43.6 Å². The highest BCUT2D eigenvalue weighted by Crippen LogP contribution is 2.32. The Balaban J connectivity index is 1.67. The molecule has 0 fully saturated rings. The minimum absolute atomic E-state index is 0.119. The number of hydrogen-bond donors (Lipinski definition) is 2. The summed E-state index contributed by atoms with van der Waals surface area (Å²) in [6.45, 7) is 0. The largest absolute Gasteiger partial charge is 0.507 e. The number of nitrogens with zero attached hydrogens (tertiary/aromatic N) is 3. The van der Waals surface area contributed by atoms with Crippen LogP contribution in [0.4, 0.5) is 5.69 Å². The molecule has 6 nitrogen and oxygen atoms in total. The number of amides is 1. The normalized spacial score (nSPS) is 10.7. The molecule has 26 heavy (non-hydrogen) atoms. The number of aromatic nitrogens is 3. The Bertz CT molecular complexity index is 944. The van der Waals surface area contributed by atoms with Gasteiger partial charge in [0.25, 0.3) is 0 Å². The number of thioether (sulfide) groups is 1. The van der Waals surface area contributed by atoms with Gasteiger partial charge in [-0.3, -0.25) is 4.79 Å². The fraction of sp³-hybridized carbons (Fsp3) is 0.118. The molecular formula is C17H14Br2N4O2S. The first-order valence-electron chi connectivity index (χ1n) is 7.50. The number of phenols is 1. The van der Waals surface area contributed by atoms with E-state index in [-0.39, 0.29) is 17.4 Å². The quantitative estimate of drug-likeness (QED) is 0.509. The van der Waals surface area contributed by atoms with E-state index in [0.717, 1.165) is 14.6 Å². The lowest BCUT2D eigenvalue weighted by Crippen LogP contribution is -2.14. The summed E-state index contributed by atoms with van der Waals surface area (Å²) < 4.78 is 3.53. The molecule has 0 saturated carbocycles. The SMILES string of the molecule is Cn1c(SCC(=O)Nc2ccc(Br)cc2)nnc1-c1cc(Br)ccc1O. The lowest BCUT2D eigenvalue weighted by atomic mass is 10.2. The zero-order chi connectivity index (χ0) is 18.7. The van der Waals surface area contributed by atoms with Crippen LogP contribution in [0.3, 0.4) is 0 Å². The van der Waals surface area contributed by atoms with Crippen molar-refractivity contribution >= 4 is 55.2 Å². The fourth-order valence-corrected chi connectivity index (χ4v) is 3.56. The molecular weight excluding hydrogens is 484 g/mol. The molecule has 1 aromatic heterocycles. The molecule has 0 atom stereocenters. The summed E-state index contributed by atoms with van der Waals surface area (Å²) in [4.78, 5) is 12.1. The maximum atomic E-state index is 12.1. The van der Waals surface area contributed by atoms with E-state index in [1.54, 1.807) is 29.8 Å². The van der Waals surface area contributed by atoms with Gasteiger partial charge in [0.05, 0.1) is 11.3 Å². The van der Waals surface area contributed by atoms with Crippen LogP contribution in [0.25, 0.3) is 11.4 Å². The Morgan fingerprint density at radius 1 is 1.15 bits per heavy atom. The van der Waals surface area contributed by atoms with Crippen molar-refractivity contribution in [3.8, 4) is 17.1 Å². The highest BCUT2D eigenvalue weighted by Gasteiger charge is 2.16. The third-order valence-electron chi connectivity index (χ3n) is 3.49. The summed E-state index contributed by atoms with van der Waals surface area (Å²) in [5.74, 6) is 0.715. The molecule has 0 unspecified atom stereocenters. The van der Waals surface area contributed by atoms with Crippen LogP contribution in [-0.4, -0.2) is 31.5 Å². The number of rotatable bonds is 5. The van der Waals surface area contributed by atoms with Gasteiger partial charge < -0.3 is 15.0 Å². The molecule has 1 amide bonds. The van der Waals surface area contributed by atoms with Crippen LogP contribution in [0.15, 0.2) is 56.6 Å². The van der Waals surface area contributed by atoms with Gasteiger partial charge in [0.1, 0.15) is 5.75 Å². The summed E-state index contributed by atoms with van der Waals surface area (Å²) in [6, 6.07) is 12.5. The Morgan fingerprint density at radius 3 is 2.58 bits per heavy atom. The van der Waals surface area contributed by atoms with Gasteiger partial charge >= 0.3 is 0 Å². The van der Waals surface area contributed by atoms with Crippen LogP contribution in [0.2, 0.25) is 0 Å². The van der Waals surface area contributed by atoms with Crippen LogP contribution in [0, 0.1) is 0 Å². The van der Waals surface area contributed by atoms with E-state index in [1.165, 1.54) is 11.8 Å². The molecule has 2 aromatic carbocycles. The second-order valence-electron chi connectivity index (χ2n) is 5.37. The lowest BCUT2D eigenvalue weighted by Gasteiger charge is -2.07. The molecule has 0 aliphatic carbocycles. The molecule has 9 heteroatoms. The number of benzene rings is 2. The second-order valence-corrected chi connectivity index (χ2v) is 8.14. The van der Waals surface area contributed by atoms with Crippen LogP contribution >= 0.6 is 43.6 Å². The molecule has 0 aliphatic rings. The number of aromatic hydroxyl groups is 1. The molecule has 0 aliphatic heterocycles. The molecule has 0 bridgehead atoms. The van der Waals surface area contributed by atoms with Crippen LogP contribution in [0.5, 0.6) is 5.75 Å². The van der Waals surface area contributed by atoms with Crippen molar-refractivity contribution in [3.63, 3.8) is 0 Å². The predicted molar refractivity (Wildman–Crippen MR) is 109 cm³/mol. The summed E-state index contributed by atoms with van der Waals surface area (Å²) in [5, 5.41) is 21.7. The van der Waals surface area contributed by atoms with Crippen LogP contribution < -0.4 is 5.32 Å². The zero-order valence-electron chi connectivity index (χ0n) is 13.6. The maximum Gasteiger partial charge on any atom is 0.234 e. The number of carbonyl (C=O) groups is 1. The van der Waals surface area contributed by atoms with Crippen molar-refractivity contribution in [3.05, 3.63) is 51.4 Å². The maximum absolute atomic E-state index is 12.1. The number of hydrogen-bond acceptors (Lipinski definition) is 5. The topological polar surface area (TPSA) is 80.0 Å².